The number of nitrogens with zero attached hydrogens (tertiary/aromatic N) is 1. The zero-order chi connectivity index (χ0) is 13.3. The highest BCUT2D eigenvalue weighted by Crippen LogP contribution is 2.37. The summed E-state index contributed by atoms with van der Waals surface area (Å²) < 4.78 is 0. The number of benzene rings is 1. The van der Waals surface area contributed by atoms with E-state index in [9.17, 15) is 9.59 Å². The largest absolute Gasteiger partial charge is 0.274 e. The van der Waals surface area contributed by atoms with Gasteiger partial charge >= 0.3 is 0 Å². The molecule has 0 N–H and O–H groups in total. The number of imide groups is 1. The minimum absolute atomic E-state index is 0.212. The normalized spacial score (nSPS) is 19.7. The van der Waals surface area contributed by atoms with Gasteiger partial charge in [0.25, 0.3) is 0 Å². The van der Waals surface area contributed by atoms with Crippen molar-refractivity contribution in [2.75, 3.05) is 10.7 Å². The number of carbonyl (C=O) groups excluding carboxylic acids is 2. The Morgan fingerprint density at radius 2 is 2.11 bits per heavy atom. The quantitative estimate of drug-likeness (QED) is 0.803. The molecule has 1 aliphatic heterocycles. The number of thioether (sulfide) groups is 1. The molecule has 1 aromatic rings. The maximum atomic E-state index is 12.2. The summed E-state index contributed by atoms with van der Waals surface area (Å²) in [6, 6.07) is 4.92. The molecule has 0 aliphatic carbocycles. The molecule has 0 unspecified atom stereocenters. The van der Waals surface area contributed by atoms with Crippen LogP contribution < -0.4 is 4.90 Å². The molecule has 0 radical (unpaired) electrons. The van der Waals surface area contributed by atoms with E-state index in [2.05, 4.69) is 0 Å². The van der Waals surface area contributed by atoms with Crippen molar-refractivity contribution in [1.82, 2.24) is 0 Å². The Balaban J connectivity index is 2.36. The highest BCUT2D eigenvalue weighted by Gasteiger charge is 2.40. The highest BCUT2D eigenvalue weighted by molar-refractivity contribution is 8.00. The number of hydrogen-bond donors (Lipinski definition) is 0. The average Bonchev–Trinajstić information content (AvgIpc) is 2.60. The molecule has 1 atom stereocenters. The summed E-state index contributed by atoms with van der Waals surface area (Å²) in [5.41, 5.74) is 0.373. The second kappa shape index (κ2) is 5.51. The van der Waals surface area contributed by atoms with Crippen molar-refractivity contribution in [1.29, 1.82) is 0 Å². The van der Waals surface area contributed by atoms with E-state index in [4.69, 9.17) is 23.2 Å². The van der Waals surface area contributed by atoms with Crippen molar-refractivity contribution < 1.29 is 9.59 Å². The van der Waals surface area contributed by atoms with Gasteiger partial charge in [0.1, 0.15) is 0 Å². The third-order valence-corrected chi connectivity index (χ3v) is 4.56. The van der Waals surface area contributed by atoms with E-state index in [0.29, 0.717) is 10.7 Å². The average molecular weight is 304 g/mol. The fraction of sp³-hybridized carbons (Fsp3) is 0.333. The number of anilines is 1. The highest BCUT2D eigenvalue weighted by atomic mass is 35.5. The molecule has 1 aliphatic rings. The van der Waals surface area contributed by atoms with Gasteiger partial charge in [-0.05, 0) is 17.9 Å². The summed E-state index contributed by atoms with van der Waals surface area (Å²) in [5, 5.41) is 0.266. The van der Waals surface area contributed by atoms with Gasteiger partial charge in [-0.2, -0.15) is 0 Å². The SMILES string of the molecule is CCS[C@H]1CC(=O)N(c2cccc(Cl)c2Cl)C1=O. The summed E-state index contributed by atoms with van der Waals surface area (Å²) in [7, 11) is 0. The van der Waals surface area contributed by atoms with Crippen molar-refractivity contribution in [2.45, 2.75) is 18.6 Å². The summed E-state index contributed by atoms with van der Waals surface area (Å²) in [5.74, 6) is 0.354. The molecule has 1 aromatic carbocycles. The molecule has 0 aromatic heterocycles. The van der Waals surface area contributed by atoms with Crippen LogP contribution in [0.15, 0.2) is 18.2 Å². The molecule has 3 nitrogen and oxygen atoms in total. The van der Waals surface area contributed by atoms with E-state index < -0.39 is 0 Å². The number of hydrogen-bond acceptors (Lipinski definition) is 3. The van der Waals surface area contributed by atoms with Crippen molar-refractivity contribution in [3.63, 3.8) is 0 Å². The van der Waals surface area contributed by atoms with E-state index in [1.54, 1.807) is 18.2 Å². The van der Waals surface area contributed by atoms with Gasteiger partial charge in [0.05, 0.1) is 21.0 Å². The third-order valence-electron chi connectivity index (χ3n) is 2.65. The molecule has 0 spiro atoms. The lowest BCUT2D eigenvalue weighted by Crippen LogP contribution is -2.31. The first-order chi connectivity index (χ1) is 8.56. The van der Waals surface area contributed by atoms with Gasteiger partial charge < -0.3 is 0 Å². The lowest BCUT2D eigenvalue weighted by Gasteiger charge is -2.16. The fourth-order valence-corrected chi connectivity index (χ4v) is 3.14. The summed E-state index contributed by atoms with van der Waals surface area (Å²) in [6.07, 6.45) is 0.222. The van der Waals surface area contributed by atoms with Crippen molar-refractivity contribution in [3.8, 4) is 0 Å². The molecule has 96 valence electrons. The van der Waals surface area contributed by atoms with E-state index in [1.165, 1.54) is 11.8 Å². The van der Waals surface area contributed by atoms with Crippen LogP contribution in [0.2, 0.25) is 10.0 Å². The number of amides is 2. The lowest BCUT2D eigenvalue weighted by atomic mass is 10.3. The third kappa shape index (κ3) is 2.37. The topological polar surface area (TPSA) is 37.4 Å². The van der Waals surface area contributed by atoms with Gasteiger partial charge in [0.15, 0.2) is 0 Å². The van der Waals surface area contributed by atoms with Crippen LogP contribution in [0, 0.1) is 0 Å². The van der Waals surface area contributed by atoms with Crippen LogP contribution >= 0.6 is 35.0 Å². The minimum atomic E-state index is -0.308. The fourth-order valence-electron chi connectivity index (χ4n) is 1.85. The molecule has 1 heterocycles. The maximum absolute atomic E-state index is 12.2. The molecule has 1 saturated heterocycles. The van der Waals surface area contributed by atoms with Gasteiger partial charge in [0, 0.05) is 6.42 Å². The van der Waals surface area contributed by atoms with Gasteiger partial charge in [0.2, 0.25) is 11.8 Å². The van der Waals surface area contributed by atoms with Crippen LogP contribution in [0.1, 0.15) is 13.3 Å². The molecule has 2 rings (SSSR count). The van der Waals surface area contributed by atoms with E-state index in [1.807, 2.05) is 6.92 Å². The Labute approximate surface area is 119 Å². The van der Waals surface area contributed by atoms with Crippen molar-refractivity contribution in [3.05, 3.63) is 28.2 Å². The van der Waals surface area contributed by atoms with Gasteiger partial charge in [-0.15, -0.1) is 11.8 Å². The monoisotopic (exact) mass is 303 g/mol. The second-order valence-corrected chi connectivity index (χ2v) is 6.05. The van der Waals surface area contributed by atoms with Gasteiger partial charge in [-0.3, -0.25) is 9.59 Å². The van der Waals surface area contributed by atoms with E-state index >= 15 is 0 Å². The number of rotatable bonds is 3. The Bertz CT molecular complexity index is 507. The number of carbonyl (C=O) groups is 2. The molecule has 0 saturated carbocycles. The predicted molar refractivity (Wildman–Crippen MR) is 75.5 cm³/mol. The molecular weight excluding hydrogens is 293 g/mol. The standard InChI is InChI=1S/C12H11Cl2NO2S/c1-2-18-9-6-10(16)15(12(9)17)8-5-3-4-7(13)11(8)14/h3-5,9H,2,6H2,1H3/t9-/m0/s1. The Hall–Kier alpha value is -0.710. The molecule has 18 heavy (non-hydrogen) atoms. The maximum Gasteiger partial charge on any atom is 0.247 e. The van der Waals surface area contributed by atoms with Crippen LogP contribution in [0.25, 0.3) is 0 Å². The van der Waals surface area contributed by atoms with Crippen LogP contribution in [-0.2, 0) is 9.59 Å². The second-order valence-electron chi connectivity index (χ2n) is 3.79. The summed E-state index contributed by atoms with van der Waals surface area (Å²) in [6.45, 7) is 1.96. The van der Waals surface area contributed by atoms with Crippen LogP contribution in [0.3, 0.4) is 0 Å². The zero-order valence-electron chi connectivity index (χ0n) is 9.65. The van der Waals surface area contributed by atoms with Crippen LogP contribution in [0.5, 0.6) is 0 Å². The number of halogens is 2. The van der Waals surface area contributed by atoms with Crippen molar-refractivity contribution in [2.24, 2.45) is 0 Å². The zero-order valence-corrected chi connectivity index (χ0v) is 12.0. The predicted octanol–water partition coefficient (Wildman–Crippen LogP) is 3.38. The first kappa shape index (κ1) is 13.7. The molecule has 1 fully saturated rings. The molecule has 0 bridgehead atoms. The molecule has 2 amide bonds. The Morgan fingerprint density at radius 3 is 2.78 bits per heavy atom. The first-order valence-electron chi connectivity index (χ1n) is 5.48. The molecule has 6 heteroatoms. The van der Waals surface area contributed by atoms with Gasteiger partial charge in [-0.1, -0.05) is 36.2 Å². The first-order valence-corrected chi connectivity index (χ1v) is 7.29. The van der Waals surface area contributed by atoms with E-state index in [0.717, 1.165) is 10.7 Å². The lowest BCUT2D eigenvalue weighted by molar-refractivity contribution is -0.121. The minimum Gasteiger partial charge on any atom is -0.274 e. The van der Waals surface area contributed by atoms with Crippen molar-refractivity contribution >= 4 is 52.5 Å². The van der Waals surface area contributed by atoms with Gasteiger partial charge in [-0.25, -0.2) is 4.90 Å². The smallest absolute Gasteiger partial charge is 0.247 e. The van der Waals surface area contributed by atoms with Crippen LogP contribution in [0.4, 0.5) is 5.69 Å². The molecular formula is C12H11Cl2NO2S. The summed E-state index contributed by atoms with van der Waals surface area (Å²) >= 11 is 13.4. The van der Waals surface area contributed by atoms with E-state index in [-0.39, 0.29) is 28.5 Å². The van der Waals surface area contributed by atoms with Crippen LogP contribution in [-0.4, -0.2) is 22.8 Å². The Morgan fingerprint density at radius 1 is 1.39 bits per heavy atom. The Kier molecular flexibility index (Phi) is 4.20. The summed E-state index contributed by atoms with van der Waals surface area (Å²) in [4.78, 5) is 25.2.